The standard InChI is InChI=1S/C30H30N4O3S/c1-21-7-5-10-25(19-21)38(36,37)34-28-15-13-23-12-14-24(20-27(23)28)33-29-26(11-6-17-31-29)30(35)32-18-16-22-8-3-2-4-9-22/h2-12,14,17,19-20,28,34H,13,15-16,18H2,1H3,(H,31,33)(H,32,35). The van der Waals surface area contributed by atoms with E-state index in [4.69, 9.17) is 0 Å². The molecule has 8 heteroatoms. The topological polar surface area (TPSA) is 100 Å². The Morgan fingerprint density at radius 3 is 2.63 bits per heavy atom. The molecule has 4 aromatic rings. The maximum Gasteiger partial charge on any atom is 0.255 e. The van der Waals surface area contributed by atoms with E-state index in [-0.39, 0.29) is 16.8 Å². The number of carbonyl (C=O) groups is 1. The van der Waals surface area contributed by atoms with Crippen LogP contribution in [0.5, 0.6) is 0 Å². The van der Waals surface area contributed by atoms with Gasteiger partial charge in [0.2, 0.25) is 10.0 Å². The summed E-state index contributed by atoms with van der Waals surface area (Å²) in [6.45, 7) is 2.38. The lowest BCUT2D eigenvalue weighted by Crippen LogP contribution is -2.27. The number of fused-ring (bicyclic) bond motifs is 1. The predicted molar refractivity (Wildman–Crippen MR) is 149 cm³/mol. The van der Waals surface area contributed by atoms with Crippen LogP contribution in [-0.2, 0) is 22.9 Å². The van der Waals surface area contributed by atoms with E-state index < -0.39 is 10.0 Å². The first kappa shape index (κ1) is 25.6. The summed E-state index contributed by atoms with van der Waals surface area (Å²) in [5.41, 5.74) is 5.26. The van der Waals surface area contributed by atoms with Crippen molar-refractivity contribution < 1.29 is 13.2 Å². The zero-order valence-electron chi connectivity index (χ0n) is 21.1. The fraction of sp³-hybridized carbons (Fsp3) is 0.200. The molecule has 38 heavy (non-hydrogen) atoms. The molecular weight excluding hydrogens is 496 g/mol. The Morgan fingerprint density at radius 2 is 1.82 bits per heavy atom. The van der Waals surface area contributed by atoms with Crippen LogP contribution < -0.4 is 15.4 Å². The normalized spacial score (nSPS) is 14.6. The van der Waals surface area contributed by atoms with Crippen molar-refractivity contribution in [3.8, 4) is 0 Å². The zero-order chi connectivity index (χ0) is 26.5. The van der Waals surface area contributed by atoms with Gasteiger partial charge in [-0.3, -0.25) is 4.79 Å². The van der Waals surface area contributed by atoms with Gasteiger partial charge in [0.25, 0.3) is 5.91 Å². The van der Waals surface area contributed by atoms with Crippen molar-refractivity contribution in [3.05, 3.63) is 119 Å². The third-order valence-electron chi connectivity index (χ3n) is 6.68. The average molecular weight is 527 g/mol. The SMILES string of the molecule is Cc1cccc(S(=O)(=O)NC2CCc3ccc(Nc4ncccc4C(=O)NCCc4ccccc4)cc32)c1. The Labute approximate surface area is 223 Å². The highest BCUT2D eigenvalue weighted by Gasteiger charge is 2.28. The summed E-state index contributed by atoms with van der Waals surface area (Å²) in [5.74, 6) is 0.237. The molecule has 0 fully saturated rings. The second-order valence-corrected chi connectivity index (χ2v) is 11.2. The average Bonchev–Trinajstić information content (AvgIpc) is 3.31. The van der Waals surface area contributed by atoms with Crippen LogP contribution in [0.2, 0.25) is 0 Å². The smallest absolute Gasteiger partial charge is 0.255 e. The van der Waals surface area contributed by atoms with Crippen molar-refractivity contribution in [3.63, 3.8) is 0 Å². The molecule has 1 aliphatic rings. The number of amides is 1. The molecule has 0 aliphatic heterocycles. The van der Waals surface area contributed by atoms with Gasteiger partial charge in [0.1, 0.15) is 5.82 Å². The minimum atomic E-state index is -3.66. The summed E-state index contributed by atoms with van der Waals surface area (Å²) >= 11 is 0. The monoisotopic (exact) mass is 526 g/mol. The van der Waals surface area contributed by atoms with Gasteiger partial charge in [-0.25, -0.2) is 18.1 Å². The first-order valence-corrected chi connectivity index (χ1v) is 14.1. The molecule has 194 valence electrons. The molecule has 1 atom stereocenters. The molecule has 1 aromatic heterocycles. The molecular formula is C30H30N4O3S. The number of sulfonamides is 1. The lowest BCUT2D eigenvalue weighted by molar-refractivity contribution is 0.0954. The molecule has 7 nitrogen and oxygen atoms in total. The van der Waals surface area contributed by atoms with Crippen LogP contribution >= 0.6 is 0 Å². The number of benzene rings is 3. The molecule has 1 amide bonds. The number of aryl methyl sites for hydroxylation is 2. The first-order chi connectivity index (χ1) is 18.4. The van der Waals surface area contributed by atoms with E-state index in [0.29, 0.717) is 24.3 Å². The molecule has 1 heterocycles. The van der Waals surface area contributed by atoms with Gasteiger partial charge in [-0.05, 0) is 84.8 Å². The van der Waals surface area contributed by atoms with Crippen LogP contribution in [-0.4, -0.2) is 25.9 Å². The van der Waals surface area contributed by atoms with Crippen LogP contribution in [0.25, 0.3) is 0 Å². The van der Waals surface area contributed by atoms with Crippen LogP contribution in [0, 0.1) is 6.92 Å². The molecule has 0 spiro atoms. The summed E-state index contributed by atoms with van der Waals surface area (Å²) in [4.78, 5) is 17.6. The molecule has 5 rings (SSSR count). The number of hydrogen-bond acceptors (Lipinski definition) is 5. The second kappa shape index (κ2) is 11.2. The minimum Gasteiger partial charge on any atom is -0.352 e. The second-order valence-electron chi connectivity index (χ2n) is 9.46. The number of aromatic nitrogens is 1. The Morgan fingerprint density at radius 1 is 0.974 bits per heavy atom. The summed E-state index contributed by atoms with van der Waals surface area (Å²) in [5, 5.41) is 6.24. The Kier molecular flexibility index (Phi) is 7.53. The molecule has 0 bridgehead atoms. The van der Waals surface area contributed by atoms with Crippen LogP contribution in [0.1, 0.15) is 45.1 Å². The molecule has 1 unspecified atom stereocenters. The Hall–Kier alpha value is -4.01. The quantitative estimate of drug-likeness (QED) is 0.283. The molecule has 3 aromatic carbocycles. The lowest BCUT2D eigenvalue weighted by atomic mass is 10.1. The van der Waals surface area contributed by atoms with Crippen molar-refractivity contribution in [1.29, 1.82) is 0 Å². The number of nitrogens with zero attached hydrogens (tertiary/aromatic N) is 1. The molecule has 0 saturated carbocycles. The van der Waals surface area contributed by atoms with Crippen LogP contribution in [0.4, 0.5) is 11.5 Å². The Bertz CT molecular complexity index is 1560. The number of hydrogen-bond donors (Lipinski definition) is 3. The number of anilines is 2. The van der Waals surface area contributed by atoms with Crippen molar-refractivity contribution in [1.82, 2.24) is 15.0 Å². The van der Waals surface area contributed by atoms with Gasteiger partial charge in [0.15, 0.2) is 0 Å². The lowest BCUT2D eigenvalue weighted by Gasteiger charge is -2.17. The highest BCUT2D eigenvalue weighted by Crippen LogP contribution is 2.35. The summed E-state index contributed by atoms with van der Waals surface area (Å²) in [7, 11) is -3.66. The summed E-state index contributed by atoms with van der Waals surface area (Å²) < 4.78 is 29.0. The van der Waals surface area contributed by atoms with Gasteiger partial charge in [0, 0.05) is 24.5 Å². The molecule has 0 saturated heterocycles. The van der Waals surface area contributed by atoms with Gasteiger partial charge >= 0.3 is 0 Å². The number of rotatable bonds is 9. The van der Waals surface area contributed by atoms with Gasteiger partial charge in [0.05, 0.1) is 10.5 Å². The number of pyridine rings is 1. The molecule has 0 radical (unpaired) electrons. The fourth-order valence-electron chi connectivity index (χ4n) is 4.73. The molecule has 3 N–H and O–H groups in total. The third kappa shape index (κ3) is 5.93. The van der Waals surface area contributed by atoms with Crippen LogP contribution in [0.3, 0.4) is 0 Å². The van der Waals surface area contributed by atoms with Gasteiger partial charge in [-0.2, -0.15) is 0 Å². The van der Waals surface area contributed by atoms with Crippen LogP contribution in [0.15, 0.2) is 96.0 Å². The predicted octanol–water partition coefficient (Wildman–Crippen LogP) is 5.07. The van der Waals surface area contributed by atoms with E-state index >= 15 is 0 Å². The molecule has 1 aliphatic carbocycles. The summed E-state index contributed by atoms with van der Waals surface area (Å²) in [6.07, 6.45) is 3.84. The van der Waals surface area contributed by atoms with Crippen molar-refractivity contribution in [2.24, 2.45) is 0 Å². The van der Waals surface area contributed by atoms with E-state index in [2.05, 4.69) is 20.3 Å². The maximum absolute atomic E-state index is 13.0. The van der Waals surface area contributed by atoms with E-state index in [1.54, 1.807) is 36.5 Å². The minimum absolute atomic E-state index is 0.207. The van der Waals surface area contributed by atoms with Gasteiger partial charge in [-0.15, -0.1) is 0 Å². The highest BCUT2D eigenvalue weighted by atomic mass is 32.2. The van der Waals surface area contributed by atoms with Gasteiger partial charge < -0.3 is 10.6 Å². The number of nitrogens with one attached hydrogen (secondary N) is 3. The zero-order valence-corrected chi connectivity index (χ0v) is 22.0. The Balaban J connectivity index is 1.30. The van der Waals surface area contributed by atoms with Crippen molar-refractivity contribution >= 4 is 27.4 Å². The fourth-order valence-corrected chi connectivity index (χ4v) is 6.08. The van der Waals surface area contributed by atoms with E-state index in [9.17, 15) is 13.2 Å². The highest BCUT2D eigenvalue weighted by molar-refractivity contribution is 7.89. The van der Waals surface area contributed by atoms with E-state index in [0.717, 1.165) is 40.8 Å². The maximum atomic E-state index is 13.0. The van der Waals surface area contributed by atoms with Gasteiger partial charge in [-0.1, -0.05) is 48.5 Å². The summed E-state index contributed by atoms with van der Waals surface area (Å²) in [6, 6.07) is 25.9. The van der Waals surface area contributed by atoms with E-state index in [1.807, 2.05) is 61.5 Å². The number of carbonyl (C=O) groups excluding carboxylic acids is 1. The van der Waals surface area contributed by atoms with Crippen molar-refractivity contribution in [2.45, 2.75) is 37.1 Å². The van der Waals surface area contributed by atoms with Crippen molar-refractivity contribution in [2.75, 3.05) is 11.9 Å². The van der Waals surface area contributed by atoms with E-state index in [1.165, 1.54) is 0 Å². The largest absolute Gasteiger partial charge is 0.352 e. The first-order valence-electron chi connectivity index (χ1n) is 12.6. The third-order valence-corrected chi connectivity index (χ3v) is 8.15.